The smallest absolute Gasteiger partial charge is 0.315 e. The van der Waals surface area contributed by atoms with Crippen molar-refractivity contribution in [2.24, 2.45) is 5.41 Å². The summed E-state index contributed by atoms with van der Waals surface area (Å²) in [6.07, 6.45) is 8.15. The molecule has 1 aliphatic rings. The van der Waals surface area contributed by atoms with Crippen molar-refractivity contribution < 1.29 is 19.4 Å². The summed E-state index contributed by atoms with van der Waals surface area (Å²) in [4.78, 5) is 12.5. The normalized spacial score (nSPS) is 22.5. The van der Waals surface area contributed by atoms with E-state index in [1.807, 2.05) is 20.8 Å². The first-order valence-corrected chi connectivity index (χ1v) is 8.32. The topological polar surface area (TPSA) is 55.8 Å². The molecule has 1 N–H and O–H groups in total. The molecule has 0 aromatic rings. The average molecular weight is 300 g/mol. The number of hydrogen-bond donors (Lipinski definition) is 1. The summed E-state index contributed by atoms with van der Waals surface area (Å²) >= 11 is 0. The van der Waals surface area contributed by atoms with Crippen molar-refractivity contribution in [3.63, 3.8) is 0 Å². The Labute approximate surface area is 129 Å². The maximum absolute atomic E-state index is 12.5. The van der Waals surface area contributed by atoms with Crippen molar-refractivity contribution in [2.45, 2.75) is 77.7 Å². The van der Waals surface area contributed by atoms with Crippen molar-refractivity contribution in [2.75, 3.05) is 19.8 Å². The van der Waals surface area contributed by atoms with Gasteiger partial charge in [0.15, 0.2) is 0 Å². The van der Waals surface area contributed by atoms with Gasteiger partial charge in [-0.1, -0.05) is 32.1 Å². The van der Waals surface area contributed by atoms with Gasteiger partial charge in [-0.25, -0.2) is 0 Å². The molecule has 0 spiro atoms. The number of unbranched alkanes of at least 4 members (excludes halogenated alkanes) is 5. The quantitative estimate of drug-likeness (QED) is 0.523. The van der Waals surface area contributed by atoms with Crippen molar-refractivity contribution in [1.82, 2.24) is 0 Å². The molecule has 1 rings (SSSR count). The number of esters is 1. The van der Waals surface area contributed by atoms with E-state index < -0.39 is 11.0 Å². The van der Waals surface area contributed by atoms with E-state index >= 15 is 0 Å². The number of ether oxygens (including phenoxy) is 2. The zero-order valence-electron chi connectivity index (χ0n) is 14.0. The van der Waals surface area contributed by atoms with Crippen molar-refractivity contribution >= 4 is 5.97 Å². The van der Waals surface area contributed by atoms with Crippen LogP contribution in [0.2, 0.25) is 0 Å². The highest BCUT2D eigenvalue weighted by atomic mass is 16.6. The second-order valence-electron chi connectivity index (χ2n) is 7.18. The third-order valence-electron chi connectivity index (χ3n) is 4.00. The van der Waals surface area contributed by atoms with Gasteiger partial charge in [-0.15, -0.1) is 0 Å². The van der Waals surface area contributed by atoms with Crippen molar-refractivity contribution in [1.29, 1.82) is 0 Å². The van der Waals surface area contributed by atoms with E-state index in [2.05, 4.69) is 0 Å². The van der Waals surface area contributed by atoms with Gasteiger partial charge in [0.1, 0.15) is 5.60 Å². The summed E-state index contributed by atoms with van der Waals surface area (Å²) in [5, 5.41) is 8.74. The van der Waals surface area contributed by atoms with Gasteiger partial charge in [0.25, 0.3) is 0 Å². The second-order valence-corrected chi connectivity index (χ2v) is 7.18. The van der Waals surface area contributed by atoms with Gasteiger partial charge in [0, 0.05) is 13.2 Å². The first kappa shape index (κ1) is 18.4. The molecule has 1 unspecified atom stereocenters. The number of aliphatic hydroxyl groups excluding tert-OH is 1. The Morgan fingerprint density at radius 2 is 1.76 bits per heavy atom. The molecule has 0 aliphatic carbocycles. The third-order valence-corrected chi connectivity index (χ3v) is 4.00. The van der Waals surface area contributed by atoms with E-state index in [0.717, 1.165) is 44.9 Å². The van der Waals surface area contributed by atoms with E-state index in [4.69, 9.17) is 14.6 Å². The molecule has 0 bridgehead atoms. The molecule has 0 aromatic carbocycles. The summed E-state index contributed by atoms with van der Waals surface area (Å²) in [7, 11) is 0. The fourth-order valence-corrected chi connectivity index (χ4v) is 2.74. The van der Waals surface area contributed by atoms with Gasteiger partial charge in [-0.3, -0.25) is 4.79 Å². The van der Waals surface area contributed by atoms with Crippen molar-refractivity contribution in [3.05, 3.63) is 0 Å². The Hall–Kier alpha value is -0.610. The first-order valence-electron chi connectivity index (χ1n) is 8.32. The fraction of sp³-hybridized carbons (Fsp3) is 0.941. The van der Waals surface area contributed by atoms with Gasteiger partial charge in [0.05, 0.1) is 12.0 Å². The molecule has 1 aliphatic heterocycles. The van der Waals surface area contributed by atoms with Gasteiger partial charge >= 0.3 is 5.97 Å². The molecular formula is C17H32O4. The number of hydrogen-bond acceptors (Lipinski definition) is 4. The molecular weight excluding hydrogens is 268 g/mol. The van der Waals surface area contributed by atoms with Crippen LogP contribution in [-0.2, 0) is 14.3 Å². The largest absolute Gasteiger partial charge is 0.459 e. The minimum absolute atomic E-state index is 0.0900. The van der Waals surface area contributed by atoms with Gasteiger partial charge in [-0.05, 0) is 40.0 Å². The zero-order valence-corrected chi connectivity index (χ0v) is 14.0. The molecule has 1 fully saturated rings. The third kappa shape index (κ3) is 6.79. The molecule has 0 radical (unpaired) electrons. The van der Waals surface area contributed by atoms with E-state index in [9.17, 15) is 4.79 Å². The molecule has 4 nitrogen and oxygen atoms in total. The molecule has 124 valence electrons. The predicted octanol–water partition coefficient (Wildman–Crippen LogP) is 3.46. The van der Waals surface area contributed by atoms with E-state index in [0.29, 0.717) is 19.8 Å². The lowest BCUT2D eigenvalue weighted by molar-refractivity contribution is -0.168. The SMILES string of the molecule is CC(C)(C)OC(=O)C1(CCCCCCCCO)CCOC1. The maximum atomic E-state index is 12.5. The lowest BCUT2D eigenvalue weighted by Crippen LogP contribution is -2.38. The van der Waals surface area contributed by atoms with Crippen LogP contribution in [0.15, 0.2) is 0 Å². The summed E-state index contributed by atoms with van der Waals surface area (Å²) in [6.45, 7) is 7.20. The van der Waals surface area contributed by atoms with Crippen LogP contribution >= 0.6 is 0 Å². The van der Waals surface area contributed by atoms with E-state index in [1.165, 1.54) is 6.42 Å². The van der Waals surface area contributed by atoms with E-state index in [1.54, 1.807) is 0 Å². The molecule has 1 heterocycles. The number of aliphatic hydroxyl groups is 1. The Morgan fingerprint density at radius 3 is 2.29 bits per heavy atom. The second kappa shape index (κ2) is 8.74. The molecule has 0 aromatic heterocycles. The van der Waals surface area contributed by atoms with Crippen LogP contribution in [0.25, 0.3) is 0 Å². The predicted molar refractivity (Wildman–Crippen MR) is 83.1 cm³/mol. The Bertz CT molecular complexity index is 300. The number of rotatable bonds is 9. The summed E-state index contributed by atoms with van der Waals surface area (Å²) < 4.78 is 11.1. The van der Waals surface area contributed by atoms with Crippen LogP contribution in [0, 0.1) is 5.41 Å². The fourth-order valence-electron chi connectivity index (χ4n) is 2.74. The van der Waals surface area contributed by atoms with Crippen LogP contribution in [0.5, 0.6) is 0 Å². The van der Waals surface area contributed by atoms with Crippen LogP contribution in [0.4, 0.5) is 0 Å². The molecule has 21 heavy (non-hydrogen) atoms. The monoisotopic (exact) mass is 300 g/mol. The zero-order chi connectivity index (χ0) is 15.8. The van der Waals surface area contributed by atoms with E-state index in [-0.39, 0.29) is 5.97 Å². The van der Waals surface area contributed by atoms with Crippen molar-refractivity contribution in [3.8, 4) is 0 Å². The van der Waals surface area contributed by atoms with Gasteiger partial charge < -0.3 is 14.6 Å². The Kier molecular flexibility index (Phi) is 7.67. The highest BCUT2D eigenvalue weighted by Crippen LogP contribution is 2.37. The summed E-state index contributed by atoms with van der Waals surface area (Å²) in [5.74, 6) is -0.0900. The Morgan fingerprint density at radius 1 is 1.14 bits per heavy atom. The number of carbonyl (C=O) groups excluding carboxylic acids is 1. The highest BCUT2D eigenvalue weighted by Gasteiger charge is 2.44. The van der Waals surface area contributed by atoms with Gasteiger partial charge in [-0.2, -0.15) is 0 Å². The lowest BCUT2D eigenvalue weighted by atomic mass is 9.81. The molecule has 0 saturated carbocycles. The molecule has 4 heteroatoms. The summed E-state index contributed by atoms with van der Waals surface area (Å²) in [6, 6.07) is 0. The van der Waals surface area contributed by atoms with Crippen LogP contribution in [0.1, 0.15) is 72.1 Å². The van der Waals surface area contributed by atoms with Gasteiger partial charge in [0.2, 0.25) is 0 Å². The van der Waals surface area contributed by atoms with Crippen LogP contribution in [-0.4, -0.2) is 36.5 Å². The molecule has 0 amide bonds. The first-order chi connectivity index (χ1) is 9.90. The lowest BCUT2D eigenvalue weighted by Gasteiger charge is -2.30. The van der Waals surface area contributed by atoms with Crippen LogP contribution < -0.4 is 0 Å². The Balaban J connectivity index is 2.34. The standard InChI is InChI=1S/C17H32O4/c1-16(2,3)21-15(19)17(11-13-20-14-17)10-8-6-4-5-7-9-12-18/h18H,4-14H2,1-3H3. The number of carbonyl (C=O) groups is 1. The van der Waals surface area contributed by atoms with Crippen LogP contribution in [0.3, 0.4) is 0 Å². The summed E-state index contributed by atoms with van der Waals surface area (Å²) in [5.41, 5.74) is -0.852. The molecule has 1 saturated heterocycles. The maximum Gasteiger partial charge on any atom is 0.315 e. The minimum Gasteiger partial charge on any atom is -0.459 e. The average Bonchev–Trinajstić information content (AvgIpc) is 2.86. The molecule has 1 atom stereocenters. The highest BCUT2D eigenvalue weighted by molar-refractivity contribution is 5.77. The minimum atomic E-state index is -0.434.